The van der Waals surface area contributed by atoms with Gasteiger partial charge in [0.25, 0.3) is 5.91 Å². The highest BCUT2D eigenvalue weighted by Crippen LogP contribution is 2.17. The molecule has 0 heterocycles. The molecule has 0 bridgehead atoms. The minimum atomic E-state index is -0.144. The summed E-state index contributed by atoms with van der Waals surface area (Å²) >= 11 is 0. The van der Waals surface area contributed by atoms with Gasteiger partial charge < -0.3 is 16.4 Å². The Morgan fingerprint density at radius 2 is 2.05 bits per heavy atom. The van der Waals surface area contributed by atoms with Gasteiger partial charge in [-0.3, -0.25) is 9.59 Å². The molecule has 1 atom stereocenters. The molecule has 5 heteroatoms. The van der Waals surface area contributed by atoms with Crippen molar-refractivity contribution in [2.75, 3.05) is 12.4 Å². The van der Waals surface area contributed by atoms with Crippen LogP contribution < -0.4 is 16.4 Å². The van der Waals surface area contributed by atoms with E-state index in [1.54, 1.807) is 25.2 Å². The fourth-order valence-electron chi connectivity index (χ4n) is 1.67. The SMILES string of the molecule is CCC(N)CC(=O)Nc1ccc(C(=O)NC)cc1C. The van der Waals surface area contributed by atoms with Gasteiger partial charge in [0.2, 0.25) is 5.91 Å². The van der Waals surface area contributed by atoms with Crippen molar-refractivity contribution in [3.63, 3.8) is 0 Å². The van der Waals surface area contributed by atoms with Crippen LogP contribution in [0.5, 0.6) is 0 Å². The fourth-order valence-corrected chi connectivity index (χ4v) is 1.67. The van der Waals surface area contributed by atoms with Crippen LogP contribution in [0.4, 0.5) is 5.69 Å². The van der Waals surface area contributed by atoms with Gasteiger partial charge in [0.1, 0.15) is 0 Å². The van der Waals surface area contributed by atoms with Gasteiger partial charge >= 0.3 is 0 Å². The molecule has 0 fully saturated rings. The minimum Gasteiger partial charge on any atom is -0.355 e. The van der Waals surface area contributed by atoms with E-state index in [2.05, 4.69) is 10.6 Å². The van der Waals surface area contributed by atoms with Crippen molar-refractivity contribution < 1.29 is 9.59 Å². The Labute approximate surface area is 113 Å². The smallest absolute Gasteiger partial charge is 0.251 e. The normalized spacial score (nSPS) is 11.8. The molecule has 1 aromatic carbocycles. The number of benzene rings is 1. The van der Waals surface area contributed by atoms with Crippen LogP contribution in [0.25, 0.3) is 0 Å². The maximum Gasteiger partial charge on any atom is 0.251 e. The lowest BCUT2D eigenvalue weighted by Gasteiger charge is -2.12. The predicted molar refractivity (Wildman–Crippen MR) is 76.1 cm³/mol. The van der Waals surface area contributed by atoms with Gasteiger partial charge in [0.15, 0.2) is 0 Å². The third-order valence-electron chi connectivity index (χ3n) is 2.96. The van der Waals surface area contributed by atoms with Crippen LogP contribution in [0, 0.1) is 6.92 Å². The van der Waals surface area contributed by atoms with E-state index < -0.39 is 0 Å². The molecule has 0 saturated heterocycles. The molecule has 1 aromatic rings. The Kier molecular flexibility index (Phi) is 5.51. The topological polar surface area (TPSA) is 84.2 Å². The average molecular weight is 263 g/mol. The fraction of sp³-hybridized carbons (Fsp3) is 0.429. The number of aryl methyl sites for hydroxylation is 1. The van der Waals surface area contributed by atoms with Crippen molar-refractivity contribution in [1.29, 1.82) is 0 Å². The summed E-state index contributed by atoms with van der Waals surface area (Å²) in [5.74, 6) is -0.251. The van der Waals surface area contributed by atoms with Crippen LogP contribution in [0.15, 0.2) is 18.2 Å². The predicted octanol–water partition coefficient (Wildman–Crippen LogP) is 1.42. The number of rotatable bonds is 5. The van der Waals surface area contributed by atoms with E-state index in [1.807, 2.05) is 13.8 Å². The van der Waals surface area contributed by atoms with Gasteiger partial charge in [-0.2, -0.15) is 0 Å². The Bertz CT molecular complexity index is 472. The van der Waals surface area contributed by atoms with Gasteiger partial charge in [-0.05, 0) is 37.1 Å². The number of nitrogens with two attached hydrogens (primary N) is 1. The van der Waals surface area contributed by atoms with E-state index in [9.17, 15) is 9.59 Å². The second-order valence-electron chi connectivity index (χ2n) is 4.53. The first-order chi connectivity index (χ1) is 8.97. The third kappa shape index (κ3) is 4.37. The molecule has 0 radical (unpaired) electrons. The monoisotopic (exact) mass is 263 g/mol. The molecular formula is C14H21N3O2. The number of hydrogen-bond donors (Lipinski definition) is 3. The molecule has 2 amide bonds. The Morgan fingerprint density at radius 3 is 2.58 bits per heavy atom. The molecule has 0 saturated carbocycles. The van der Waals surface area contributed by atoms with Crippen LogP contribution in [0.2, 0.25) is 0 Å². The molecule has 0 aliphatic heterocycles. The molecular weight excluding hydrogens is 242 g/mol. The number of amides is 2. The summed E-state index contributed by atoms with van der Waals surface area (Å²) in [4.78, 5) is 23.2. The highest BCUT2D eigenvalue weighted by Gasteiger charge is 2.10. The lowest BCUT2D eigenvalue weighted by molar-refractivity contribution is -0.116. The van der Waals surface area contributed by atoms with Crippen molar-refractivity contribution in [1.82, 2.24) is 5.32 Å². The van der Waals surface area contributed by atoms with Crippen molar-refractivity contribution in [3.8, 4) is 0 Å². The molecule has 0 aliphatic rings. The Balaban J connectivity index is 2.75. The van der Waals surface area contributed by atoms with Crippen LogP contribution in [-0.4, -0.2) is 24.9 Å². The number of hydrogen-bond acceptors (Lipinski definition) is 3. The van der Waals surface area contributed by atoms with Crippen molar-refractivity contribution in [2.45, 2.75) is 32.7 Å². The molecule has 4 N–H and O–H groups in total. The number of nitrogens with one attached hydrogen (secondary N) is 2. The summed E-state index contributed by atoms with van der Waals surface area (Å²) in [6, 6.07) is 5.04. The first-order valence-corrected chi connectivity index (χ1v) is 6.36. The van der Waals surface area contributed by atoms with Crippen LogP contribution in [0.3, 0.4) is 0 Å². The summed E-state index contributed by atoms with van der Waals surface area (Å²) in [6.07, 6.45) is 1.06. The summed E-state index contributed by atoms with van der Waals surface area (Å²) in [6.45, 7) is 3.79. The van der Waals surface area contributed by atoms with Crippen LogP contribution in [0.1, 0.15) is 35.7 Å². The minimum absolute atomic E-state index is 0.106. The zero-order valence-corrected chi connectivity index (χ0v) is 11.6. The quantitative estimate of drug-likeness (QED) is 0.751. The van der Waals surface area contributed by atoms with Gasteiger partial charge in [0.05, 0.1) is 0 Å². The third-order valence-corrected chi connectivity index (χ3v) is 2.96. The summed E-state index contributed by atoms with van der Waals surface area (Å²) in [5, 5.41) is 5.37. The maximum absolute atomic E-state index is 11.7. The van der Waals surface area contributed by atoms with E-state index in [4.69, 9.17) is 5.73 Å². The lowest BCUT2D eigenvalue weighted by Crippen LogP contribution is -2.26. The van der Waals surface area contributed by atoms with Gasteiger partial charge in [-0.15, -0.1) is 0 Å². The number of carbonyl (C=O) groups excluding carboxylic acids is 2. The molecule has 0 aliphatic carbocycles. The molecule has 0 aromatic heterocycles. The number of carbonyl (C=O) groups is 2. The lowest BCUT2D eigenvalue weighted by atomic mass is 10.1. The van der Waals surface area contributed by atoms with Crippen molar-refractivity contribution in [2.24, 2.45) is 5.73 Å². The van der Waals surface area contributed by atoms with Gasteiger partial charge in [-0.1, -0.05) is 6.92 Å². The van der Waals surface area contributed by atoms with E-state index in [0.717, 1.165) is 12.0 Å². The molecule has 19 heavy (non-hydrogen) atoms. The Morgan fingerprint density at radius 1 is 1.37 bits per heavy atom. The Hall–Kier alpha value is -1.88. The van der Waals surface area contributed by atoms with Crippen LogP contribution in [-0.2, 0) is 4.79 Å². The van der Waals surface area contributed by atoms with Crippen LogP contribution >= 0.6 is 0 Å². The zero-order valence-electron chi connectivity index (χ0n) is 11.6. The average Bonchev–Trinajstić information content (AvgIpc) is 2.39. The van der Waals surface area contributed by atoms with Crippen molar-refractivity contribution in [3.05, 3.63) is 29.3 Å². The second kappa shape index (κ2) is 6.89. The zero-order chi connectivity index (χ0) is 14.4. The van der Waals surface area contributed by atoms with E-state index in [1.165, 1.54) is 0 Å². The van der Waals surface area contributed by atoms with E-state index in [-0.39, 0.29) is 17.9 Å². The molecule has 5 nitrogen and oxygen atoms in total. The van der Waals surface area contributed by atoms with E-state index in [0.29, 0.717) is 17.7 Å². The first kappa shape index (κ1) is 15.2. The summed E-state index contributed by atoms with van der Waals surface area (Å²) in [5.41, 5.74) is 7.86. The molecule has 1 rings (SSSR count). The van der Waals surface area contributed by atoms with Gasteiger partial charge in [-0.25, -0.2) is 0 Å². The maximum atomic E-state index is 11.7. The highest BCUT2D eigenvalue weighted by molar-refractivity contribution is 5.96. The molecule has 1 unspecified atom stereocenters. The highest BCUT2D eigenvalue weighted by atomic mass is 16.2. The molecule has 104 valence electrons. The molecule has 0 spiro atoms. The standard InChI is InChI=1S/C14H21N3O2/c1-4-11(15)8-13(18)17-12-6-5-10(7-9(12)2)14(19)16-3/h5-7,11H,4,8,15H2,1-3H3,(H,16,19)(H,17,18). The number of anilines is 1. The van der Waals surface area contributed by atoms with Crippen molar-refractivity contribution >= 4 is 17.5 Å². The first-order valence-electron chi connectivity index (χ1n) is 6.36. The van der Waals surface area contributed by atoms with Gasteiger partial charge in [0, 0.05) is 30.8 Å². The van der Waals surface area contributed by atoms with E-state index >= 15 is 0 Å². The summed E-state index contributed by atoms with van der Waals surface area (Å²) in [7, 11) is 1.58. The second-order valence-corrected chi connectivity index (χ2v) is 4.53. The largest absolute Gasteiger partial charge is 0.355 e. The summed E-state index contributed by atoms with van der Waals surface area (Å²) < 4.78 is 0.